The van der Waals surface area contributed by atoms with Crippen LogP contribution in [0.2, 0.25) is 0 Å². The minimum Gasteiger partial charge on any atom is -0.311 e. The predicted octanol–water partition coefficient (Wildman–Crippen LogP) is 1.96. The van der Waals surface area contributed by atoms with Crippen molar-refractivity contribution in [2.45, 2.75) is 49.9 Å². The first-order valence-corrected chi connectivity index (χ1v) is 4.89. The van der Waals surface area contributed by atoms with Crippen molar-refractivity contribution >= 4 is 0 Å². The molecule has 0 spiro atoms. The van der Waals surface area contributed by atoms with Gasteiger partial charge in [0.1, 0.15) is 5.67 Å². The summed E-state index contributed by atoms with van der Waals surface area (Å²) in [5, 5.41) is 3.50. The summed E-state index contributed by atoms with van der Waals surface area (Å²) in [5.74, 6) is 0.707. The minimum absolute atomic E-state index is 0.520. The second-order valence-electron chi connectivity index (χ2n) is 4.66. The zero-order valence-electron chi connectivity index (χ0n) is 7.55. The van der Waals surface area contributed by atoms with Crippen molar-refractivity contribution in [2.24, 2.45) is 5.92 Å². The van der Waals surface area contributed by atoms with E-state index in [9.17, 15) is 4.39 Å². The molecule has 4 rings (SSSR count). The fourth-order valence-corrected chi connectivity index (χ4v) is 3.47. The molecule has 0 aromatic carbocycles. The lowest BCUT2D eigenvalue weighted by Crippen LogP contribution is -2.61. The van der Waals surface area contributed by atoms with Crippen LogP contribution in [-0.4, -0.2) is 17.8 Å². The van der Waals surface area contributed by atoms with Crippen LogP contribution in [0.1, 0.15) is 32.1 Å². The fraction of sp³-hybridized carbons (Fsp3) is 1.00. The number of hydrogen-bond acceptors (Lipinski definition) is 3. The minimum atomic E-state index is -0.762. The van der Waals surface area contributed by atoms with E-state index in [0.29, 0.717) is 18.0 Å². The Labute approximate surface area is 76.8 Å². The monoisotopic (exact) mass is 186 g/mol. The quantitative estimate of drug-likeness (QED) is 0.568. The molecule has 0 amide bonds. The molecule has 3 nitrogen and oxygen atoms in total. The highest BCUT2D eigenvalue weighted by molar-refractivity contribution is 5.06. The summed E-state index contributed by atoms with van der Waals surface area (Å²) in [7, 11) is 0. The van der Waals surface area contributed by atoms with Gasteiger partial charge in [-0.3, -0.25) is 0 Å². The number of halogens is 1. The van der Waals surface area contributed by atoms with Gasteiger partial charge in [-0.25, -0.2) is 4.39 Å². The largest absolute Gasteiger partial charge is 0.311 e. The molecule has 13 heavy (non-hydrogen) atoms. The van der Waals surface area contributed by atoms with Crippen molar-refractivity contribution in [3.63, 3.8) is 0 Å². The van der Waals surface area contributed by atoms with Gasteiger partial charge in [-0.2, -0.15) is 4.91 Å². The van der Waals surface area contributed by atoms with E-state index in [2.05, 4.69) is 10.9 Å². The third kappa shape index (κ3) is 1.47. The zero-order chi connectivity index (χ0) is 9.47. The summed E-state index contributed by atoms with van der Waals surface area (Å²) in [4.78, 5) is 7.50. The summed E-state index contributed by atoms with van der Waals surface area (Å²) in [5.41, 5.74) is 3.74. The Balaban J connectivity index is 0.000000308. The third-order valence-corrected chi connectivity index (χ3v) is 3.59. The molecule has 2 heterocycles. The first kappa shape index (κ1) is 9.06. The SMILES string of the molecule is FC12CC3CC(C1)NC(C3)C2.N=O. The van der Waals surface area contributed by atoms with E-state index in [1.54, 1.807) is 0 Å². The maximum atomic E-state index is 13.8. The highest BCUT2D eigenvalue weighted by Gasteiger charge is 2.51. The average Bonchev–Trinajstić information content (AvgIpc) is 2.02. The molecule has 0 radical (unpaired) electrons. The van der Waals surface area contributed by atoms with Crippen LogP contribution in [0.4, 0.5) is 4.39 Å². The van der Waals surface area contributed by atoms with E-state index < -0.39 is 5.67 Å². The molecule has 0 aromatic rings. The number of rotatable bonds is 0. The summed E-state index contributed by atoms with van der Waals surface area (Å²) in [6, 6.07) is 1.04. The number of piperidine rings is 2. The van der Waals surface area contributed by atoms with Crippen molar-refractivity contribution < 1.29 is 4.39 Å². The summed E-state index contributed by atoms with van der Waals surface area (Å²) < 4.78 is 13.8. The van der Waals surface area contributed by atoms with Crippen molar-refractivity contribution in [2.75, 3.05) is 0 Å². The Morgan fingerprint density at radius 2 is 1.69 bits per heavy atom. The molecule has 2 N–H and O–H groups in total. The Morgan fingerprint density at radius 1 is 1.15 bits per heavy atom. The maximum absolute atomic E-state index is 13.8. The maximum Gasteiger partial charge on any atom is 0.114 e. The van der Waals surface area contributed by atoms with Gasteiger partial charge in [0.25, 0.3) is 0 Å². The van der Waals surface area contributed by atoms with Gasteiger partial charge in [0.15, 0.2) is 0 Å². The number of nitroso groups, excluding NO2 is 1. The van der Waals surface area contributed by atoms with Gasteiger partial charge >= 0.3 is 0 Å². The van der Waals surface area contributed by atoms with Crippen molar-refractivity contribution in [1.82, 2.24) is 5.32 Å². The first-order chi connectivity index (χ1) is 6.23. The highest BCUT2D eigenvalue weighted by atomic mass is 19.1. The molecule has 74 valence electrons. The Morgan fingerprint density at radius 3 is 2.08 bits per heavy atom. The van der Waals surface area contributed by atoms with E-state index in [4.69, 9.17) is 4.91 Å². The van der Waals surface area contributed by atoms with Crippen LogP contribution in [0.15, 0.2) is 0 Å². The van der Waals surface area contributed by atoms with Crippen LogP contribution in [0.25, 0.3) is 0 Å². The van der Waals surface area contributed by atoms with E-state index >= 15 is 0 Å². The van der Waals surface area contributed by atoms with Crippen molar-refractivity contribution in [3.8, 4) is 0 Å². The molecule has 2 unspecified atom stereocenters. The molecule has 4 heteroatoms. The Hall–Kier alpha value is -0.510. The molecule has 0 aromatic heterocycles. The number of nitrogens with one attached hydrogen (secondary N) is 2. The van der Waals surface area contributed by atoms with Crippen LogP contribution in [0, 0.1) is 16.4 Å². The predicted molar refractivity (Wildman–Crippen MR) is 47.2 cm³/mol. The lowest BCUT2D eigenvalue weighted by molar-refractivity contribution is -0.0431. The first-order valence-electron chi connectivity index (χ1n) is 4.89. The molecule has 2 saturated carbocycles. The van der Waals surface area contributed by atoms with Crippen LogP contribution < -0.4 is 5.32 Å². The van der Waals surface area contributed by atoms with Crippen LogP contribution in [-0.2, 0) is 0 Å². The summed E-state index contributed by atoms with van der Waals surface area (Å²) in [6.07, 6.45) is 4.92. The van der Waals surface area contributed by atoms with Gasteiger partial charge in [0.2, 0.25) is 0 Å². The fourth-order valence-electron chi connectivity index (χ4n) is 3.47. The highest BCUT2D eigenvalue weighted by Crippen LogP contribution is 2.49. The second-order valence-corrected chi connectivity index (χ2v) is 4.66. The smallest absolute Gasteiger partial charge is 0.114 e. The molecule has 2 saturated heterocycles. The third-order valence-electron chi connectivity index (χ3n) is 3.59. The summed E-state index contributed by atoms with van der Waals surface area (Å²) >= 11 is 0. The van der Waals surface area contributed by atoms with Crippen LogP contribution in [0.3, 0.4) is 0 Å². The van der Waals surface area contributed by atoms with Gasteiger partial charge in [-0.15, -0.1) is 0 Å². The van der Waals surface area contributed by atoms with E-state index in [0.717, 1.165) is 19.3 Å². The van der Waals surface area contributed by atoms with E-state index in [-0.39, 0.29) is 0 Å². The van der Waals surface area contributed by atoms with Gasteiger partial charge in [0, 0.05) is 12.1 Å². The number of hydrogen-bond donors (Lipinski definition) is 2. The molecule has 2 atom stereocenters. The lowest BCUT2D eigenvalue weighted by Gasteiger charge is -2.53. The number of alkyl halides is 1. The van der Waals surface area contributed by atoms with E-state index in [1.165, 1.54) is 12.8 Å². The zero-order valence-corrected chi connectivity index (χ0v) is 7.55. The molecule has 4 fully saturated rings. The normalized spacial score (nSPS) is 51.3. The van der Waals surface area contributed by atoms with Gasteiger partial charge in [-0.1, -0.05) is 5.59 Å². The van der Waals surface area contributed by atoms with Crippen LogP contribution >= 0.6 is 0 Å². The average molecular weight is 186 g/mol. The topological polar surface area (TPSA) is 53.0 Å². The molecule has 4 bridgehead atoms. The van der Waals surface area contributed by atoms with Gasteiger partial charge in [0.05, 0.1) is 0 Å². The molecular formula is C9H15FN2O. The molecular weight excluding hydrogens is 171 g/mol. The lowest BCUT2D eigenvalue weighted by atomic mass is 9.63. The molecule has 4 aliphatic rings. The van der Waals surface area contributed by atoms with Gasteiger partial charge in [-0.05, 0) is 38.0 Å². The summed E-state index contributed by atoms with van der Waals surface area (Å²) in [6.45, 7) is 0. The van der Waals surface area contributed by atoms with Gasteiger partial charge < -0.3 is 5.32 Å². The Bertz CT molecular complexity index is 175. The van der Waals surface area contributed by atoms with Crippen molar-refractivity contribution in [1.29, 1.82) is 5.59 Å². The Kier molecular flexibility index (Phi) is 2.10. The van der Waals surface area contributed by atoms with Crippen LogP contribution in [0.5, 0.6) is 0 Å². The van der Waals surface area contributed by atoms with E-state index in [1.807, 2.05) is 0 Å². The van der Waals surface area contributed by atoms with Crippen molar-refractivity contribution in [3.05, 3.63) is 4.91 Å². The second kappa shape index (κ2) is 3.01. The molecule has 2 aliphatic carbocycles. The molecule has 2 aliphatic heterocycles. The standard InChI is InChI=1S/C9H14FN.HNO/c10-9-3-6-1-7(4-9)11-8(2-6)5-9;1-2/h6-8,11H,1-5H2;1H.